The maximum Gasteiger partial charge on any atom is 0.246 e. The molecule has 6 heteroatoms. The molecule has 0 aromatic carbocycles. The van der Waals surface area contributed by atoms with Gasteiger partial charge in [0.2, 0.25) is 5.91 Å². The third-order valence-electron chi connectivity index (χ3n) is 2.13. The number of halogens is 2. The molecule has 0 atom stereocenters. The highest BCUT2D eigenvalue weighted by atomic mass is 79.9. The van der Waals surface area contributed by atoms with Gasteiger partial charge in [0.25, 0.3) is 0 Å². The monoisotopic (exact) mass is 306 g/mol. The Morgan fingerprint density at radius 1 is 1.69 bits per heavy atom. The predicted molar refractivity (Wildman–Crippen MR) is 65.0 cm³/mol. The molecule has 1 aromatic heterocycles. The first-order chi connectivity index (χ1) is 7.54. The van der Waals surface area contributed by atoms with Gasteiger partial charge in [-0.1, -0.05) is 27.5 Å². The Labute approximate surface area is 108 Å². The highest BCUT2D eigenvalue weighted by Gasteiger charge is 2.09. The van der Waals surface area contributed by atoms with Crippen LogP contribution in [0, 0.1) is 0 Å². The van der Waals surface area contributed by atoms with Crippen LogP contribution >= 0.6 is 27.5 Å². The molecular formula is C10H12BrClN2O2. The van der Waals surface area contributed by atoms with Crippen molar-refractivity contribution in [3.05, 3.63) is 27.5 Å². The molecule has 0 saturated carbocycles. The molecule has 0 saturated heterocycles. The second-order valence-corrected chi connectivity index (χ2v) is 4.41. The molecule has 1 amide bonds. The maximum atomic E-state index is 11.5. The minimum absolute atomic E-state index is 0.0793. The van der Waals surface area contributed by atoms with Crippen LogP contribution < -0.4 is 0 Å². The number of hydrogen-bond acceptors (Lipinski definition) is 3. The number of carbonyl (C=O) groups is 1. The Morgan fingerprint density at radius 2 is 2.38 bits per heavy atom. The summed E-state index contributed by atoms with van der Waals surface area (Å²) in [6.07, 6.45) is 2.62. The summed E-state index contributed by atoms with van der Waals surface area (Å²) < 4.78 is 0.861. The number of hydrogen-bond donors (Lipinski definition) is 0. The zero-order valence-electron chi connectivity index (χ0n) is 9.04. The lowest BCUT2D eigenvalue weighted by atomic mass is 10.1. The molecule has 0 spiro atoms. The smallest absolute Gasteiger partial charge is 0.246 e. The highest BCUT2D eigenvalue weighted by Crippen LogP contribution is 2.20. The second kappa shape index (κ2) is 6.18. The number of hydroxylamine groups is 2. The van der Waals surface area contributed by atoms with E-state index >= 15 is 0 Å². The van der Waals surface area contributed by atoms with Crippen molar-refractivity contribution in [1.29, 1.82) is 0 Å². The molecule has 0 bridgehead atoms. The minimum atomic E-state index is -0.0793. The molecule has 0 N–H and O–H groups in total. The molecule has 4 nitrogen and oxygen atoms in total. The first-order valence-electron chi connectivity index (χ1n) is 4.65. The van der Waals surface area contributed by atoms with Crippen LogP contribution in [-0.4, -0.2) is 30.1 Å². The fraction of sp³-hybridized carbons (Fsp3) is 0.400. The van der Waals surface area contributed by atoms with Crippen LogP contribution in [0.2, 0.25) is 5.15 Å². The van der Waals surface area contributed by atoms with Crippen LogP contribution in [0.3, 0.4) is 0 Å². The molecule has 1 rings (SSSR count). The average molecular weight is 308 g/mol. The van der Waals surface area contributed by atoms with Crippen molar-refractivity contribution >= 4 is 33.4 Å². The molecule has 88 valence electrons. The van der Waals surface area contributed by atoms with Crippen molar-refractivity contribution in [1.82, 2.24) is 10.0 Å². The van der Waals surface area contributed by atoms with Gasteiger partial charge in [-0.2, -0.15) is 0 Å². The van der Waals surface area contributed by atoms with Gasteiger partial charge in [0.1, 0.15) is 5.15 Å². The van der Waals surface area contributed by atoms with Crippen LogP contribution in [0.5, 0.6) is 0 Å². The average Bonchev–Trinajstić information content (AvgIpc) is 2.26. The summed E-state index contributed by atoms with van der Waals surface area (Å²) >= 11 is 9.09. The second-order valence-electron chi connectivity index (χ2n) is 3.17. The van der Waals surface area contributed by atoms with Crippen molar-refractivity contribution < 1.29 is 9.63 Å². The van der Waals surface area contributed by atoms with Crippen LogP contribution in [0.15, 0.2) is 16.7 Å². The fourth-order valence-electron chi connectivity index (χ4n) is 1.12. The van der Waals surface area contributed by atoms with E-state index in [1.807, 2.05) is 0 Å². The van der Waals surface area contributed by atoms with Gasteiger partial charge in [-0.15, -0.1) is 0 Å². The summed E-state index contributed by atoms with van der Waals surface area (Å²) in [5.41, 5.74) is 0.947. The standard InChI is InChI=1S/C10H12BrClN2O2/c1-14(16-2)10(15)4-3-7-6-13-9(12)5-8(7)11/h5-6H,3-4H2,1-2H3. The first-order valence-corrected chi connectivity index (χ1v) is 5.82. The lowest BCUT2D eigenvalue weighted by Gasteiger charge is -2.13. The zero-order valence-corrected chi connectivity index (χ0v) is 11.4. The van der Waals surface area contributed by atoms with Gasteiger partial charge < -0.3 is 0 Å². The molecule has 0 aliphatic rings. The van der Waals surface area contributed by atoms with Gasteiger partial charge >= 0.3 is 0 Å². The molecule has 1 heterocycles. The summed E-state index contributed by atoms with van der Waals surface area (Å²) in [6.45, 7) is 0. The Balaban J connectivity index is 2.58. The summed E-state index contributed by atoms with van der Waals surface area (Å²) in [4.78, 5) is 20.2. The number of rotatable bonds is 4. The Hall–Kier alpha value is -0.650. The Kier molecular flexibility index (Phi) is 5.18. The van der Waals surface area contributed by atoms with Crippen LogP contribution in [0.25, 0.3) is 0 Å². The lowest BCUT2D eigenvalue weighted by Crippen LogP contribution is -2.25. The van der Waals surface area contributed by atoms with E-state index in [1.54, 1.807) is 19.3 Å². The van der Waals surface area contributed by atoms with E-state index in [0.29, 0.717) is 18.0 Å². The minimum Gasteiger partial charge on any atom is -0.275 e. The molecule has 0 unspecified atom stereocenters. The van der Waals surface area contributed by atoms with E-state index in [1.165, 1.54) is 12.2 Å². The highest BCUT2D eigenvalue weighted by molar-refractivity contribution is 9.10. The molecule has 16 heavy (non-hydrogen) atoms. The van der Waals surface area contributed by atoms with E-state index in [-0.39, 0.29) is 5.91 Å². The molecule has 0 aliphatic heterocycles. The number of carbonyl (C=O) groups excluding carboxylic acids is 1. The van der Waals surface area contributed by atoms with E-state index in [4.69, 9.17) is 16.4 Å². The predicted octanol–water partition coefficient (Wildman–Crippen LogP) is 2.45. The number of aryl methyl sites for hydroxylation is 1. The van der Waals surface area contributed by atoms with Crippen molar-refractivity contribution in [2.45, 2.75) is 12.8 Å². The lowest BCUT2D eigenvalue weighted by molar-refractivity contribution is -0.168. The summed E-state index contributed by atoms with van der Waals surface area (Å²) in [5.74, 6) is -0.0793. The maximum absolute atomic E-state index is 11.5. The van der Waals surface area contributed by atoms with E-state index in [2.05, 4.69) is 20.9 Å². The molecule has 1 aromatic rings. The normalized spacial score (nSPS) is 10.2. The summed E-state index contributed by atoms with van der Waals surface area (Å²) in [5, 5.41) is 1.63. The first kappa shape index (κ1) is 13.4. The van der Waals surface area contributed by atoms with Gasteiger partial charge in [-0.3, -0.25) is 9.63 Å². The molecular weight excluding hydrogens is 295 g/mol. The van der Waals surface area contributed by atoms with Crippen molar-refractivity contribution in [3.8, 4) is 0 Å². The summed E-state index contributed by atoms with van der Waals surface area (Å²) in [6, 6.07) is 1.71. The van der Waals surface area contributed by atoms with Gasteiger partial charge in [0, 0.05) is 24.1 Å². The number of aromatic nitrogens is 1. The quantitative estimate of drug-likeness (QED) is 0.634. The van der Waals surface area contributed by atoms with Crippen molar-refractivity contribution in [2.24, 2.45) is 0 Å². The fourth-order valence-corrected chi connectivity index (χ4v) is 1.93. The number of nitrogens with zero attached hydrogens (tertiary/aromatic N) is 2. The van der Waals surface area contributed by atoms with Crippen LogP contribution in [0.1, 0.15) is 12.0 Å². The van der Waals surface area contributed by atoms with Crippen molar-refractivity contribution in [2.75, 3.05) is 14.2 Å². The Bertz CT molecular complexity index is 387. The van der Waals surface area contributed by atoms with Crippen LogP contribution in [0.4, 0.5) is 0 Å². The SMILES string of the molecule is CON(C)C(=O)CCc1cnc(Cl)cc1Br. The van der Waals surface area contributed by atoms with Gasteiger partial charge in [-0.05, 0) is 18.1 Å². The van der Waals surface area contributed by atoms with Crippen LogP contribution in [-0.2, 0) is 16.1 Å². The topological polar surface area (TPSA) is 42.4 Å². The van der Waals surface area contributed by atoms with E-state index in [9.17, 15) is 4.79 Å². The number of pyridine rings is 1. The third kappa shape index (κ3) is 3.73. The van der Waals surface area contributed by atoms with E-state index < -0.39 is 0 Å². The van der Waals surface area contributed by atoms with Gasteiger partial charge in [0.15, 0.2) is 0 Å². The van der Waals surface area contributed by atoms with Gasteiger partial charge in [0.05, 0.1) is 7.11 Å². The molecule has 0 aliphatic carbocycles. The van der Waals surface area contributed by atoms with E-state index in [0.717, 1.165) is 10.0 Å². The molecule has 0 radical (unpaired) electrons. The molecule has 0 fully saturated rings. The third-order valence-corrected chi connectivity index (χ3v) is 3.07. The number of amides is 1. The largest absolute Gasteiger partial charge is 0.275 e. The van der Waals surface area contributed by atoms with Gasteiger partial charge in [-0.25, -0.2) is 10.0 Å². The zero-order chi connectivity index (χ0) is 12.1. The Morgan fingerprint density at radius 3 is 2.94 bits per heavy atom. The summed E-state index contributed by atoms with van der Waals surface area (Å²) in [7, 11) is 3.04. The van der Waals surface area contributed by atoms with Crippen molar-refractivity contribution in [3.63, 3.8) is 0 Å².